The van der Waals surface area contributed by atoms with Gasteiger partial charge in [-0.1, -0.05) is 0 Å². The molecule has 1 aromatic rings. The van der Waals surface area contributed by atoms with E-state index in [4.69, 9.17) is 9.84 Å². The van der Waals surface area contributed by atoms with Crippen LogP contribution in [0.25, 0.3) is 0 Å². The van der Waals surface area contributed by atoms with Gasteiger partial charge in [0, 0.05) is 6.54 Å². The number of hydrogen-bond donors (Lipinski definition) is 2. The third-order valence-corrected chi connectivity index (χ3v) is 2.94. The molecule has 2 rings (SSSR count). The van der Waals surface area contributed by atoms with Gasteiger partial charge in [0.25, 0.3) is 0 Å². The highest BCUT2D eigenvalue weighted by Gasteiger charge is 2.26. The van der Waals surface area contributed by atoms with Crippen molar-refractivity contribution in [2.75, 3.05) is 13.2 Å². The number of amides is 1. The van der Waals surface area contributed by atoms with E-state index < -0.39 is 11.9 Å². The average molecular weight is 267 g/mol. The van der Waals surface area contributed by atoms with Gasteiger partial charge in [-0.05, 0) is 30.2 Å². The number of fused-ring (bicyclic) bond motifs is 1. The lowest BCUT2D eigenvalue weighted by atomic mass is 9.96. The number of benzene rings is 1. The quantitative estimate of drug-likeness (QED) is 0.852. The van der Waals surface area contributed by atoms with Crippen molar-refractivity contribution >= 4 is 11.9 Å². The predicted molar refractivity (Wildman–Crippen MR) is 64.4 cm³/mol. The zero-order valence-corrected chi connectivity index (χ0v) is 10.2. The smallest absolute Gasteiger partial charge is 0.305 e. The Morgan fingerprint density at radius 2 is 2.26 bits per heavy atom. The number of halogens is 1. The van der Waals surface area contributed by atoms with Crippen molar-refractivity contribution in [3.05, 3.63) is 29.6 Å². The lowest BCUT2D eigenvalue weighted by Crippen LogP contribution is -2.38. The molecule has 0 saturated carbocycles. The standard InChI is InChI=1S/C13H14FNO4/c14-10-1-2-11-8(6-10)5-9(7-19-11)13(18)15-4-3-12(16)17/h1-2,6,9H,3-5,7H2,(H,15,18)(H,16,17). The summed E-state index contributed by atoms with van der Waals surface area (Å²) >= 11 is 0. The van der Waals surface area contributed by atoms with Gasteiger partial charge in [-0.2, -0.15) is 0 Å². The van der Waals surface area contributed by atoms with E-state index in [0.29, 0.717) is 17.7 Å². The molecule has 0 saturated heterocycles. The maximum Gasteiger partial charge on any atom is 0.305 e. The summed E-state index contributed by atoms with van der Waals surface area (Å²) in [4.78, 5) is 22.1. The molecule has 0 aliphatic carbocycles. The largest absolute Gasteiger partial charge is 0.492 e. The summed E-state index contributed by atoms with van der Waals surface area (Å²) in [5.74, 6) is -1.42. The molecule has 1 amide bonds. The van der Waals surface area contributed by atoms with Crippen LogP contribution < -0.4 is 10.1 Å². The molecular weight excluding hydrogens is 253 g/mol. The second-order valence-electron chi connectivity index (χ2n) is 4.40. The Morgan fingerprint density at radius 3 is 3.00 bits per heavy atom. The zero-order valence-electron chi connectivity index (χ0n) is 10.2. The Hall–Kier alpha value is -2.11. The van der Waals surface area contributed by atoms with E-state index in [1.54, 1.807) is 6.07 Å². The maximum absolute atomic E-state index is 13.1. The predicted octanol–water partition coefficient (Wildman–Crippen LogP) is 0.968. The minimum absolute atomic E-state index is 0.0840. The van der Waals surface area contributed by atoms with E-state index in [0.717, 1.165) is 0 Å². The van der Waals surface area contributed by atoms with E-state index in [-0.39, 0.29) is 31.3 Å². The molecule has 6 heteroatoms. The van der Waals surface area contributed by atoms with Crippen LogP contribution in [0.15, 0.2) is 18.2 Å². The summed E-state index contributed by atoms with van der Waals surface area (Å²) in [6, 6.07) is 4.21. The normalized spacial score (nSPS) is 17.2. The van der Waals surface area contributed by atoms with Gasteiger partial charge in [0.2, 0.25) is 5.91 Å². The lowest BCUT2D eigenvalue weighted by Gasteiger charge is -2.24. The van der Waals surface area contributed by atoms with Crippen molar-refractivity contribution in [1.29, 1.82) is 0 Å². The van der Waals surface area contributed by atoms with Crippen LogP contribution in [0.5, 0.6) is 5.75 Å². The van der Waals surface area contributed by atoms with Gasteiger partial charge in [-0.3, -0.25) is 9.59 Å². The summed E-state index contributed by atoms with van der Waals surface area (Å²) in [7, 11) is 0. The summed E-state index contributed by atoms with van der Waals surface area (Å²) in [5.41, 5.74) is 0.657. The van der Waals surface area contributed by atoms with Crippen LogP contribution in [0, 0.1) is 11.7 Å². The van der Waals surface area contributed by atoms with Crippen LogP contribution in [-0.2, 0) is 16.0 Å². The first kappa shape index (κ1) is 13.3. The maximum atomic E-state index is 13.1. The fourth-order valence-corrected chi connectivity index (χ4v) is 1.97. The van der Waals surface area contributed by atoms with Crippen molar-refractivity contribution in [2.24, 2.45) is 5.92 Å². The van der Waals surface area contributed by atoms with Crippen molar-refractivity contribution in [2.45, 2.75) is 12.8 Å². The highest BCUT2D eigenvalue weighted by Crippen LogP contribution is 2.27. The van der Waals surface area contributed by atoms with Gasteiger partial charge in [0.1, 0.15) is 18.2 Å². The lowest BCUT2D eigenvalue weighted by molar-refractivity contribution is -0.137. The fourth-order valence-electron chi connectivity index (χ4n) is 1.97. The molecule has 0 radical (unpaired) electrons. The van der Waals surface area contributed by atoms with Gasteiger partial charge >= 0.3 is 5.97 Å². The molecule has 0 fully saturated rings. The molecule has 102 valence electrons. The summed E-state index contributed by atoms with van der Waals surface area (Å²) < 4.78 is 18.5. The molecule has 1 aliphatic heterocycles. The van der Waals surface area contributed by atoms with E-state index >= 15 is 0 Å². The van der Waals surface area contributed by atoms with E-state index in [1.165, 1.54) is 12.1 Å². The van der Waals surface area contributed by atoms with Crippen LogP contribution in [-0.4, -0.2) is 30.1 Å². The number of carbonyl (C=O) groups excluding carboxylic acids is 1. The zero-order chi connectivity index (χ0) is 13.8. The number of carbonyl (C=O) groups is 2. The minimum atomic E-state index is -0.965. The first-order chi connectivity index (χ1) is 9.06. The van der Waals surface area contributed by atoms with Crippen molar-refractivity contribution in [1.82, 2.24) is 5.32 Å². The number of nitrogens with one attached hydrogen (secondary N) is 1. The minimum Gasteiger partial charge on any atom is -0.492 e. The average Bonchev–Trinajstić information content (AvgIpc) is 2.37. The van der Waals surface area contributed by atoms with Crippen molar-refractivity contribution < 1.29 is 23.8 Å². The van der Waals surface area contributed by atoms with Crippen molar-refractivity contribution in [3.63, 3.8) is 0 Å². The number of aliphatic carboxylic acids is 1. The molecule has 1 aromatic carbocycles. The molecule has 0 spiro atoms. The highest BCUT2D eigenvalue weighted by molar-refractivity contribution is 5.80. The van der Waals surface area contributed by atoms with Gasteiger partial charge in [0.05, 0.1) is 12.3 Å². The number of carboxylic acids is 1. The van der Waals surface area contributed by atoms with Crippen LogP contribution in [0.1, 0.15) is 12.0 Å². The highest BCUT2D eigenvalue weighted by atomic mass is 19.1. The molecule has 0 bridgehead atoms. The summed E-state index contributed by atoms with van der Waals surface area (Å²) in [5, 5.41) is 11.0. The molecular formula is C13H14FNO4. The van der Waals surface area contributed by atoms with E-state index in [9.17, 15) is 14.0 Å². The van der Waals surface area contributed by atoms with Crippen LogP contribution in [0.2, 0.25) is 0 Å². The molecule has 1 heterocycles. The molecule has 2 N–H and O–H groups in total. The van der Waals surface area contributed by atoms with Crippen LogP contribution >= 0.6 is 0 Å². The van der Waals surface area contributed by atoms with Crippen LogP contribution in [0.4, 0.5) is 4.39 Å². The summed E-state index contributed by atoms with van der Waals surface area (Å²) in [6.07, 6.45) is 0.274. The Balaban J connectivity index is 1.93. The third-order valence-electron chi connectivity index (χ3n) is 2.94. The topological polar surface area (TPSA) is 75.6 Å². The third kappa shape index (κ3) is 3.43. The number of hydrogen-bond acceptors (Lipinski definition) is 3. The Labute approximate surface area is 109 Å². The Kier molecular flexibility index (Phi) is 3.99. The first-order valence-electron chi connectivity index (χ1n) is 5.97. The molecule has 5 nitrogen and oxygen atoms in total. The second kappa shape index (κ2) is 5.69. The fraction of sp³-hybridized carbons (Fsp3) is 0.385. The van der Waals surface area contributed by atoms with Gasteiger partial charge in [0.15, 0.2) is 0 Å². The Morgan fingerprint density at radius 1 is 1.47 bits per heavy atom. The van der Waals surface area contributed by atoms with Crippen molar-refractivity contribution in [3.8, 4) is 5.75 Å². The van der Waals surface area contributed by atoms with Gasteiger partial charge in [-0.15, -0.1) is 0 Å². The van der Waals surface area contributed by atoms with Gasteiger partial charge < -0.3 is 15.2 Å². The monoisotopic (exact) mass is 267 g/mol. The SMILES string of the molecule is O=C(O)CCNC(=O)C1COc2ccc(F)cc2C1. The summed E-state index contributed by atoms with van der Waals surface area (Å²) in [6.45, 7) is 0.304. The first-order valence-corrected chi connectivity index (χ1v) is 5.97. The number of rotatable bonds is 4. The van der Waals surface area contributed by atoms with E-state index in [2.05, 4.69) is 5.32 Å². The molecule has 1 unspecified atom stereocenters. The number of ether oxygens (including phenoxy) is 1. The molecule has 1 aliphatic rings. The van der Waals surface area contributed by atoms with Gasteiger partial charge in [-0.25, -0.2) is 4.39 Å². The molecule has 1 atom stereocenters. The Bertz CT molecular complexity index is 503. The van der Waals surface area contributed by atoms with Crippen LogP contribution in [0.3, 0.4) is 0 Å². The second-order valence-corrected chi connectivity index (χ2v) is 4.40. The number of carboxylic acid groups (broad SMARTS) is 1. The molecule has 0 aromatic heterocycles. The van der Waals surface area contributed by atoms with E-state index in [1.807, 2.05) is 0 Å². The molecule has 19 heavy (non-hydrogen) atoms.